The van der Waals surface area contributed by atoms with E-state index in [9.17, 15) is 0 Å². The van der Waals surface area contributed by atoms with Gasteiger partial charge in [-0.25, -0.2) is 9.97 Å². The molecule has 82 valence electrons. The van der Waals surface area contributed by atoms with E-state index in [4.69, 9.17) is 5.73 Å². The van der Waals surface area contributed by atoms with Crippen LogP contribution in [0.3, 0.4) is 0 Å². The molecule has 1 heterocycles. The first-order valence-corrected chi connectivity index (χ1v) is 6.36. The van der Waals surface area contributed by atoms with Crippen molar-refractivity contribution < 1.29 is 0 Å². The maximum absolute atomic E-state index is 5.63. The van der Waals surface area contributed by atoms with Crippen molar-refractivity contribution in [1.82, 2.24) is 9.97 Å². The fourth-order valence-electron chi connectivity index (χ4n) is 1.53. The second-order valence-corrected chi connectivity index (χ2v) is 4.27. The second kappa shape index (κ2) is 4.99. The van der Waals surface area contributed by atoms with Gasteiger partial charge in [0.1, 0.15) is 0 Å². The molecule has 0 amide bonds. The lowest BCUT2D eigenvalue weighted by molar-refractivity contribution is 1.14. The normalized spacial score (nSPS) is 10.3. The lowest BCUT2D eigenvalue weighted by atomic mass is 10.1. The second-order valence-electron chi connectivity index (χ2n) is 3.40. The minimum absolute atomic E-state index is 0.323. The van der Waals surface area contributed by atoms with Crippen molar-refractivity contribution in [3.8, 4) is 11.3 Å². The molecule has 0 radical (unpaired) electrons. The van der Waals surface area contributed by atoms with E-state index in [2.05, 4.69) is 16.2 Å². The van der Waals surface area contributed by atoms with Crippen molar-refractivity contribution >= 4 is 17.7 Å². The van der Waals surface area contributed by atoms with Crippen LogP contribution in [-0.4, -0.2) is 16.2 Å². The molecule has 0 unspecified atom stereocenters. The number of aromatic nitrogens is 2. The van der Waals surface area contributed by atoms with E-state index in [-0.39, 0.29) is 0 Å². The number of nitrogen functional groups attached to an aromatic ring is 1. The quantitative estimate of drug-likeness (QED) is 0.882. The summed E-state index contributed by atoms with van der Waals surface area (Å²) < 4.78 is 0. The van der Waals surface area contributed by atoms with Crippen molar-refractivity contribution in [2.45, 2.75) is 5.75 Å². The molecule has 0 fully saturated rings. The third-order valence-corrected chi connectivity index (χ3v) is 2.83. The molecule has 0 spiro atoms. The van der Waals surface area contributed by atoms with Gasteiger partial charge in [0.15, 0.2) is 0 Å². The Morgan fingerprint density at radius 3 is 2.69 bits per heavy atom. The van der Waals surface area contributed by atoms with E-state index in [1.165, 1.54) is 0 Å². The van der Waals surface area contributed by atoms with Crippen LogP contribution in [0.1, 0.15) is 5.56 Å². The molecule has 0 aliphatic heterocycles. The summed E-state index contributed by atoms with van der Waals surface area (Å²) in [6.45, 7) is 0. The summed E-state index contributed by atoms with van der Waals surface area (Å²) in [5, 5.41) is 0. The zero-order chi connectivity index (χ0) is 11.4. The first-order chi connectivity index (χ1) is 7.81. The Bertz CT molecular complexity index is 471. The minimum Gasteiger partial charge on any atom is -0.368 e. The van der Waals surface area contributed by atoms with Gasteiger partial charge in [-0.2, -0.15) is 11.8 Å². The Kier molecular flexibility index (Phi) is 3.41. The van der Waals surface area contributed by atoms with Crippen LogP contribution in [0.5, 0.6) is 0 Å². The molecule has 3 nitrogen and oxygen atoms in total. The Balaban J connectivity index is 2.49. The number of nitrogens with zero attached hydrogens (tertiary/aromatic N) is 2. The van der Waals surface area contributed by atoms with Gasteiger partial charge < -0.3 is 5.73 Å². The van der Waals surface area contributed by atoms with Gasteiger partial charge in [-0.1, -0.05) is 30.3 Å². The zero-order valence-corrected chi connectivity index (χ0v) is 9.87. The monoisotopic (exact) mass is 231 g/mol. The zero-order valence-electron chi connectivity index (χ0n) is 9.05. The molecule has 0 aliphatic rings. The first kappa shape index (κ1) is 11.0. The smallest absolute Gasteiger partial charge is 0.220 e. The lowest BCUT2D eigenvalue weighted by Gasteiger charge is -2.07. The van der Waals surface area contributed by atoms with Gasteiger partial charge in [-0.05, 0) is 6.26 Å². The van der Waals surface area contributed by atoms with Crippen LogP contribution in [0.4, 0.5) is 5.95 Å². The summed E-state index contributed by atoms with van der Waals surface area (Å²) in [7, 11) is 0. The maximum Gasteiger partial charge on any atom is 0.220 e. The van der Waals surface area contributed by atoms with E-state index in [0.29, 0.717) is 5.95 Å². The summed E-state index contributed by atoms with van der Waals surface area (Å²) in [6.07, 6.45) is 3.87. The number of anilines is 1. The van der Waals surface area contributed by atoms with Crippen molar-refractivity contribution in [1.29, 1.82) is 0 Å². The molecule has 2 rings (SSSR count). The summed E-state index contributed by atoms with van der Waals surface area (Å²) in [5.41, 5.74) is 8.77. The predicted molar refractivity (Wildman–Crippen MR) is 69.1 cm³/mol. The Labute approximate surface area is 99.1 Å². The number of hydrogen-bond donors (Lipinski definition) is 1. The molecule has 2 N–H and O–H groups in total. The van der Waals surface area contributed by atoms with Crippen LogP contribution in [0.25, 0.3) is 11.3 Å². The topological polar surface area (TPSA) is 51.8 Å². The molecule has 4 heteroatoms. The number of rotatable bonds is 3. The highest BCUT2D eigenvalue weighted by Crippen LogP contribution is 2.23. The van der Waals surface area contributed by atoms with Crippen LogP contribution in [0.2, 0.25) is 0 Å². The number of hydrogen-bond acceptors (Lipinski definition) is 4. The number of benzene rings is 1. The van der Waals surface area contributed by atoms with Gasteiger partial charge in [0.05, 0.1) is 5.69 Å². The lowest BCUT2D eigenvalue weighted by Crippen LogP contribution is -1.99. The van der Waals surface area contributed by atoms with E-state index < -0.39 is 0 Å². The first-order valence-electron chi connectivity index (χ1n) is 4.97. The highest BCUT2D eigenvalue weighted by molar-refractivity contribution is 7.97. The third-order valence-electron chi connectivity index (χ3n) is 2.23. The molecule has 0 bridgehead atoms. The highest BCUT2D eigenvalue weighted by Gasteiger charge is 2.07. The van der Waals surface area contributed by atoms with Crippen molar-refractivity contribution in [2.75, 3.05) is 12.0 Å². The summed E-state index contributed by atoms with van der Waals surface area (Å²) in [4.78, 5) is 8.35. The molecular formula is C12H13N3S. The molecule has 1 aromatic heterocycles. The largest absolute Gasteiger partial charge is 0.368 e. The fourth-order valence-corrected chi connectivity index (χ4v) is 2.05. The molecule has 0 atom stereocenters. The van der Waals surface area contributed by atoms with E-state index in [1.54, 1.807) is 18.0 Å². The van der Waals surface area contributed by atoms with Gasteiger partial charge in [0, 0.05) is 23.1 Å². The van der Waals surface area contributed by atoms with Crippen molar-refractivity contribution in [2.24, 2.45) is 0 Å². The Hall–Kier alpha value is -1.55. The standard InChI is InChI=1S/C12H13N3S/c1-16-8-10-7-14-12(13)15-11(10)9-5-3-2-4-6-9/h2-7H,8H2,1H3,(H2,13,14,15). The molecule has 0 aliphatic carbocycles. The van der Waals surface area contributed by atoms with Crippen LogP contribution < -0.4 is 5.73 Å². The predicted octanol–water partition coefficient (Wildman–Crippen LogP) is 2.59. The molecule has 16 heavy (non-hydrogen) atoms. The average Bonchev–Trinajstić information content (AvgIpc) is 2.33. The highest BCUT2D eigenvalue weighted by atomic mass is 32.2. The van der Waals surface area contributed by atoms with Gasteiger partial charge in [0.2, 0.25) is 5.95 Å². The van der Waals surface area contributed by atoms with Gasteiger partial charge in [-0.15, -0.1) is 0 Å². The molecule has 1 aromatic carbocycles. The maximum atomic E-state index is 5.63. The van der Waals surface area contributed by atoms with Crippen LogP contribution in [0.15, 0.2) is 36.5 Å². The number of nitrogens with two attached hydrogens (primary N) is 1. The minimum atomic E-state index is 0.323. The molecule has 0 saturated heterocycles. The van der Waals surface area contributed by atoms with E-state index >= 15 is 0 Å². The summed E-state index contributed by atoms with van der Waals surface area (Å²) >= 11 is 1.75. The molecular weight excluding hydrogens is 218 g/mol. The summed E-state index contributed by atoms with van der Waals surface area (Å²) in [6, 6.07) is 10.0. The Morgan fingerprint density at radius 2 is 2.00 bits per heavy atom. The van der Waals surface area contributed by atoms with Crippen LogP contribution in [-0.2, 0) is 5.75 Å². The molecule has 2 aromatic rings. The van der Waals surface area contributed by atoms with Gasteiger partial charge >= 0.3 is 0 Å². The van der Waals surface area contributed by atoms with Crippen molar-refractivity contribution in [3.05, 3.63) is 42.1 Å². The van der Waals surface area contributed by atoms with Crippen molar-refractivity contribution in [3.63, 3.8) is 0 Å². The van der Waals surface area contributed by atoms with Gasteiger partial charge in [0.25, 0.3) is 0 Å². The fraction of sp³-hybridized carbons (Fsp3) is 0.167. The van der Waals surface area contributed by atoms with E-state index in [0.717, 1.165) is 22.6 Å². The summed E-state index contributed by atoms with van der Waals surface area (Å²) in [5.74, 6) is 1.22. The SMILES string of the molecule is CSCc1cnc(N)nc1-c1ccccc1. The average molecular weight is 231 g/mol. The van der Waals surface area contributed by atoms with Gasteiger partial charge in [-0.3, -0.25) is 0 Å². The van der Waals surface area contributed by atoms with Crippen LogP contribution >= 0.6 is 11.8 Å². The third kappa shape index (κ3) is 2.33. The van der Waals surface area contributed by atoms with Crippen LogP contribution in [0, 0.1) is 0 Å². The Morgan fingerprint density at radius 1 is 1.25 bits per heavy atom. The van der Waals surface area contributed by atoms with E-state index in [1.807, 2.05) is 30.3 Å². The molecule has 0 saturated carbocycles. The number of thioether (sulfide) groups is 1.